The molecule has 0 fully saturated rings. The molecule has 74 valence electrons. The molecule has 4 heteroatoms. The van der Waals surface area contributed by atoms with Crippen LogP contribution in [0, 0.1) is 0 Å². The van der Waals surface area contributed by atoms with Gasteiger partial charge in [-0.3, -0.25) is 0 Å². The standard InChI is InChI=1S/C9H11F3Se/c1-2-13(9(10,11)12)8-6-4-3-5-7-8/h3-7,13H,2H2,1H3. The van der Waals surface area contributed by atoms with Gasteiger partial charge in [0.2, 0.25) is 0 Å². The van der Waals surface area contributed by atoms with Gasteiger partial charge >= 0.3 is 79.2 Å². The summed E-state index contributed by atoms with van der Waals surface area (Å²) in [6.07, 6.45) is 0. The Bertz CT molecular complexity index is 255. The third kappa shape index (κ3) is 2.75. The predicted octanol–water partition coefficient (Wildman–Crippen LogP) is 2.24. The van der Waals surface area contributed by atoms with Crippen LogP contribution in [-0.4, -0.2) is 19.0 Å². The van der Waals surface area contributed by atoms with Gasteiger partial charge in [-0.15, -0.1) is 0 Å². The molecule has 0 aliphatic carbocycles. The minimum absolute atomic E-state index is 0.237. The van der Waals surface area contributed by atoms with E-state index in [2.05, 4.69) is 0 Å². The average Bonchev–Trinajstić information content (AvgIpc) is 2.05. The number of hydrogen-bond donors (Lipinski definition) is 0. The summed E-state index contributed by atoms with van der Waals surface area (Å²) in [6.45, 7) is 1.61. The quantitative estimate of drug-likeness (QED) is 0.711. The van der Waals surface area contributed by atoms with Crippen molar-refractivity contribution in [1.29, 1.82) is 0 Å². The third-order valence-electron chi connectivity index (χ3n) is 1.69. The summed E-state index contributed by atoms with van der Waals surface area (Å²) in [4.78, 5) is 0. The fourth-order valence-electron chi connectivity index (χ4n) is 1.12. The van der Waals surface area contributed by atoms with E-state index in [-0.39, 0.29) is 5.32 Å². The normalized spacial score (nSPS) is 15.5. The predicted molar refractivity (Wildman–Crippen MR) is 49.8 cm³/mol. The van der Waals surface area contributed by atoms with E-state index in [1.165, 1.54) is 0 Å². The second-order valence-corrected chi connectivity index (χ2v) is 7.82. The van der Waals surface area contributed by atoms with Crippen LogP contribution >= 0.6 is 0 Å². The Morgan fingerprint density at radius 1 is 1.15 bits per heavy atom. The molecular weight excluding hydrogens is 244 g/mol. The number of hydrogen-bond acceptors (Lipinski definition) is 0. The molecule has 0 N–H and O–H groups in total. The molecule has 0 radical (unpaired) electrons. The fourth-order valence-corrected chi connectivity index (χ4v) is 4.37. The van der Waals surface area contributed by atoms with Crippen molar-refractivity contribution in [2.75, 3.05) is 0 Å². The van der Waals surface area contributed by atoms with Crippen molar-refractivity contribution in [3.05, 3.63) is 30.3 Å². The summed E-state index contributed by atoms with van der Waals surface area (Å²) in [5, 5.41) is -3.75. The summed E-state index contributed by atoms with van der Waals surface area (Å²) in [5.74, 6) is 0. The van der Waals surface area contributed by atoms with E-state index >= 15 is 0 Å². The van der Waals surface area contributed by atoms with Crippen molar-refractivity contribution in [3.63, 3.8) is 0 Å². The van der Waals surface area contributed by atoms with Gasteiger partial charge in [0.15, 0.2) is 0 Å². The molecule has 1 atom stereocenters. The average molecular weight is 255 g/mol. The Morgan fingerprint density at radius 2 is 1.69 bits per heavy atom. The maximum atomic E-state index is 12.5. The topological polar surface area (TPSA) is 0 Å². The zero-order valence-corrected chi connectivity index (χ0v) is 9.05. The van der Waals surface area contributed by atoms with Crippen LogP contribution in [0.25, 0.3) is 0 Å². The van der Waals surface area contributed by atoms with Crippen molar-refractivity contribution in [1.82, 2.24) is 0 Å². The Kier molecular flexibility index (Phi) is 3.39. The van der Waals surface area contributed by atoms with Crippen LogP contribution in [0.5, 0.6) is 0 Å². The Labute approximate surface area is 79.6 Å². The van der Waals surface area contributed by atoms with E-state index < -0.39 is 19.0 Å². The molecule has 0 saturated carbocycles. The molecular formula is C9H11F3Se. The van der Waals surface area contributed by atoms with Gasteiger partial charge in [0.25, 0.3) is 0 Å². The molecule has 0 bridgehead atoms. The maximum absolute atomic E-state index is 12.5. The molecule has 0 aromatic heterocycles. The first-order valence-corrected chi connectivity index (χ1v) is 7.15. The zero-order chi connectivity index (χ0) is 9.90. The zero-order valence-electron chi connectivity index (χ0n) is 7.17. The van der Waals surface area contributed by atoms with Crippen LogP contribution in [0.4, 0.5) is 13.2 Å². The fraction of sp³-hybridized carbons (Fsp3) is 0.333. The summed E-state index contributed by atoms with van der Waals surface area (Å²) in [5.41, 5.74) is 0. The van der Waals surface area contributed by atoms with Crippen LogP contribution in [0.2, 0.25) is 5.32 Å². The molecule has 1 aromatic rings. The molecule has 0 aliphatic rings. The first-order valence-electron chi connectivity index (χ1n) is 3.95. The van der Waals surface area contributed by atoms with Crippen molar-refractivity contribution >= 4 is 18.4 Å². The van der Waals surface area contributed by atoms with Gasteiger partial charge in [-0.1, -0.05) is 0 Å². The first kappa shape index (κ1) is 10.6. The molecule has 13 heavy (non-hydrogen) atoms. The van der Waals surface area contributed by atoms with E-state index in [4.69, 9.17) is 0 Å². The summed E-state index contributed by atoms with van der Waals surface area (Å²) in [7, 11) is 0. The van der Waals surface area contributed by atoms with Gasteiger partial charge in [-0.2, -0.15) is 0 Å². The van der Waals surface area contributed by atoms with Crippen molar-refractivity contribution < 1.29 is 13.2 Å². The van der Waals surface area contributed by atoms with Gasteiger partial charge in [-0.25, -0.2) is 0 Å². The number of halogens is 3. The van der Waals surface area contributed by atoms with E-state index in [9.17, 15) is 13.2 Å². The molecule has 1 rings (SSSR count). The van der Waals surface area contributed by atoms with Crippen molar-refractivity contribution in [2.24, 2.45) is 0 Å². The first-order chi connectivity index (χ1) is 6.05. The molecule has 0 saturated heterocycles. The molecule has 0 aliphatic heterocycles. The molecule has 0 amide bonds. The van der Waals surface area contributed by atoms with Gasteiger partial charge in [-0.05, 0) is 0 Å². The van der Waals surface area contributed by atoms with Gasteiger partial charge in [0.1, 0.15) is 0 Å². The van der Waals surface area contributed by atoms with E-state index in [1.54, 1.807) is 37.3 Å². The second kappa shape index (κ2) is 4.16. The van der Waals surface area contributed by atoms with E-state index in [0.29, 0.717) is 4.46 Å². The Hall–Kier alpha value is -0.471. The Morgan fingerprint density at radius 3 is 2.08 bits per heavy atom. The number of alkyl halides is 3. The number of rotatable bonds is 2. The van der Waals surface area contributed by atoms with Gasteiger partial charge < -0.3 is 0 Å². The Balaban J connectivity index is 2.92. The van der Waals surface area contributed by atoms with Gasteiger partial charge in [0.05, 0.1) is 0 Å². The van der Waals surface area contributed by atoms with E-state index in [0.717, 1.165) is 0 Å². The second-order valence-electron chi connectivity index (χ2n) is 2.55. The molecule has 0 heterocycles. The SMILES string of the molecule is CC[SeH](c1ccccc1)C(F)(F)F. The van der Waals surface area contributed by atoms with Crippen LogP contribution in [0.3, 0.4) is 0 Å². The summed E-state index contributed by atoms with van der Waals surface area (Å²) >= 11 is -2.83. The van der Waals surface area contributed by atoms with Crippen molar-refractivity contribution in [2.45, 2.75) is 17.3 Å². The monoisotopic (exact) mass is 256 g/mol. The molecule has 1 aromatic carbocycles. The van der Waals surface area contributed by atoms with Gasteiger partial charge in [0, 0.05) is 0 Å². The van der Waals surface area contributed by atoms with Crippen LogP contribution < -0.4 is 4.46 Å². The molecule has 1 unspecified atom stereocenters. The number of benzene rings is 1. The molecule has 0 nitrogen and oxygen atoms in total. The molecule has 0 spiro atoms. The van der Waals surface area contributed by atoms with Crippen molar-refractivity contribution in [3.8, 4) is 0 Å². The van der Waals surface area contributed by atoms with E-state index in [1.807, 2.05) is 0 Å². The minimum atomic E-state index is -3.98. The van der Waals surface area contributed by atoms with Crippen LogP contribution in [0.1, 0.15) is 6.92 Å². The third-order valence-corrected chi connectivity index (χ3v) is 6.23. The van der Waals surface area contributed by atoms with Crippen LogP contribution in [-0.2, 0) is 0 Å². The van der Waals surface area contributed by atoms with Crippen LogP contribution in [0.15, 0.2) is 30.3 Å². The summed E-state index contributed by atoms with van der Waals surface area (Å²) < 4.78 is 37.9. The summed E-state index contributed by atoms with van der Waals surface area (Å²) in [6, 6.07) is 8.23.